The predicted molar refractivity (Wildman–Crippen MR) is 98.4 cm³/mol. The van der Waals surface area contributed by atoms with Crippen LogP contribution in [0.3, 0.4) is 0 Å². The van der Waals surface area contributed by atoms with Gasteiger partial charge < -0.3 is 15.4 Å². The Morgan fingerprint density at radius 3 is 3.04 bits per heavy atom. The van der Waals surface area contributed by atoms with E-state index in [-0.39, 0.29) is 12.0 Å². The van der Waals surface area contributed by atoms with Gasteiger partial charge in [-0.3, -0.25) is 4.79 Å². The van der Waals surface area contributed by atoms with Crippen LogP contribution in [-0.4, -0.2) is 24.7 Å². The van der Waals surface area contributed by atoms with E-state index in [4.69, 9.17) is 4.74 Å². The maximum Gasteiger partial charge on any atom is 0.253 e. The Hall–Kier alpha value is -1.69. The molecular weight excluding hydrogens is 320 g/mol. The van der Waals surface area contributed by atoms with Gasteiger partial charge in [0.1, 0.15) is 6.10 Å². The molecule has 0 unspecified atom stereocenters. The molecule has 24 heavy (non-hydrogen) atoms. The van der Waals surface area contributed by atoms with Gasteiger partial charge in [0.25, 0.3) is 5.91 Å². The van der Waals surface area contributed by atoms with Crippen molar-refractivity contribution in [3.05, 3.63) is 52.2 Å². The minimum absolute atomic E-state index is 0.0385. The zero-order valence-electron chi connectivity index (χ0n) is 14.0. The fourth-order valence-electron chi connectivity index (χ4n) is 2.89. The summed E-state index contributed by atoms with van der Waals surface area (Å²) >= 11 is 1.74. The second-order valence-electron chi connectivity index (χ2n) is 6.31. The number of carbonyl (C=O) groups excluding carboxylic acids is 1. The summed E-state index contributed by atoms with van der Waals surface area (Å²) in [5, 5.41) is 10.8. The third-order valence-electron chi connectivity index (χ3n) is 4.19. The number of hydrogen-bond acceptors (Lipinski definition) is 4. The first kappa shape index (κ1) is 17.1. The molecule has 5 heteroatoms. The first-order chi connectivity index (χ1) is 11.7. The molecule has 0 aliphatic carbocycles. The minimum Gasteiger partial charge on any atom is -0.368 e. The van der Waals surface area contributed by atoms with Crippen LogP contribution in [0.25, 0.3) is 0 Å². The highest BCUT2D eigenvalue weighted by Crippen LogP contribution is 2.16. The van der Waals surface area contributed by atoms with Crippen LogP contribution in [0.1, 0.15) is 30.9 Å². The zero-order chi connectivity index (χ0) is 16.8. The predicted octanol–water partition coefficient (Wildman–Crippen LogP) is 3.59. The van der Waals surface area contributed by atoms with Crippen molar-refractivity contribution in [2.75, 3.05) is 11.9 Å². The summed E-state index contributed by atoms with van der Waals surface area (Å²) in [6, 6.07) is 10.6. The topological polar surface area (TPSA) is 50.4 Å². The maximum atomic E-state index is 12.1. The molecule has 2 heterocycles. The smallest absolute Gasteiger partial charge is 0.253 e. The maximum absolute atomic E-state index is 12.1. The molecule has 0 radical (unpaired) electrons. The van der Waals surface area contributed by atoms with E-state index in [1.54, 1.807) is 11.3 Å². The first-order valence-corrected chi connectivity index (χ1v) is 9.41. The lowest BCUT2D eigenvalue weighted by Crippen LogP contribution is -2.28. The molecule has 2 aromatic rings. The molecule has 2 N–H and O–H groups in total. The van der Waals surface area contributed by atoms with E-state index in [2.05, 4.69) is 40.5 Å². The molecule has 4 nitrogen and oxygen atoms in total. The molecule has 3 rings (SSSR count). The molecule has 1 aliphatic rings. The number of ether oxygens (including phenoxy) is 1. The quantitative estimate of drug-likeness (QED) is 0.807. The number of thiophene rings is 1. The number of amides is 1. The van der Waals surface area contributed by atoms with E-state index in [0.29, 0.717) is 12.6 Å². The normalized spacial score (nSPS) is 18.5. The standard InChI is InChI=1S/C19H24N2O2S/c1-14(10-16-7-9-24-13-16)20-12-15-4-2-5-17(11-15)21-19(22)18-6-3-8-23-18/h2,4-5,7,9,11,13-14,18,20H,3,6,8,10,12H2,1H3,(H,21,22)/t14-,18-/m1/s1. The monoisotopic (exact) mass is 344 g/mol. The number of benzene rings is 1. The van der Waals surface area contributed by atoms with Crippen molar-refractivity contribution in [2.45, 2.75) is 44.9 Å². The van der Waals surface area contributed by atoms with E-state index in [1.807, 2.05) is 18.2 Å². The first-order valence-electron chi connectivity index (χ1n) is 8.46. The number of carbonyl (C=O) groups is 1. The molecule has 0 bridgehead atoms. The van der Waals surface area contributed by atoms with Crippen molar-refractivity contribution in [3.63, 3.8) is 0 Å². The lowest BCUT2D eigenvalue weighted by molar-refractivity contribution is -0.124. The third-order valence-corrected chi connectivity index (χ3v) is 4.93. The number of rotatable bonds is 7. The van der Waals surface area contributed by atoms with E-state index in [9.17, 15) is 4.79 Å². The second kappa shape index (κ2) is 8.42. The highest BCUT2D eigenvalue weighted by Gasteiger charge is 2.23. The number of hydrogen-bond donors (Lipinski definition) is 2. The van der Waals surface area contributed by atoms with Crippen LogP contribution in [0.5, 0.6) is 0 Å². The van der Waals surface area contributed by atoms with Gasteiger partial charge in [0.15, 0.2) is 0 Å². The number of anilines is 1. The van der Waals surface area contributed by atoms with Crippen LogP contribution in [-0.2, 0) is 22.5 Å². The van der Waals surface area contributed by atoms with Crippen molar-refractivity contribution in [1.29, 1.82) is 0 Å². The fraction of sp³-hybridized carbons (Fsp3) is 0.421. The van der Waals surface area contributed by atoms with Crippen molar-refractivity contribution >= 4 is 22.9 Å². The molecule has 1 aromatic heterocycles. The van der Waals surface area contributed by atoms with Crippen molar-refractivity contribution in [1.82, 2.24) is 5.32 Å². The average molecular weight is 344 g/mol. The lowest BCUT2D eigenvalue weighted by atomic mass is 10.1. The molecule has 1 aromatic carbocycles. The van der Waals surface area contributed by atoms with Crippen molar-refractivity contribution in [2.24, 2.45) is 0 Å². The van der Waals surface area contributed by atoms with E-state index >= 15 is 0 Å². The van der Waals surface area contributed by atoms with Crippen LogP contribution < -0.4 is 10.6 Å². The van der Waals surface area contributed by atoms with Crippen LogP contribution in [0.15, 0.2) is 41.1 Å². The Morgan fingerprint density at radius 2 is 2.29 bits per heavy atom. The summed E-state index contributed by atoms with van der Waals surface area (Å²) in [5.74, 6) is -0.0385. The van der Waals surface area contributed by atoms with Gasteiger partial charge in [-0.1, -0.05) is 12.1 Å². The summed E-state index contributed by atoms with van der Waals surface area (Å²) in [7, 11) is 0. The molecule has 1 aliphatic heterocycles. The Morgan fingerprint density at radius 1 is 1.38 bits per heavy atom. The molecule has 0 spiro atoms. The van der Waals surface area contributed by atoms with Crippen LogP contribution in [0, 0.1) is 0 Å². The summed E-state index contributed by atoms with van der Waals surface area (Å²) < 4.78 is 5.42. The Kier molecular flexibility index (Phi) is 6.01. The van der Waals surface area contributed by atoms with E-state index in [1.165, 1.54) is 5.56 Å². The van der Waals surface area contributed by atoms with Crippen LogP contribution >= 0.6 is 11.3 Å². The van der Waals surface area contributed by atoms with E-state index in [0.717, 1.165) is 37.1 Å². The number of nitrogens with one attached hydrogen (secondary N) is 2. The fourth-order valence-corrected chi connectivity index (χ4v) is 3.57. The summed E-state index contributed by atoms with van der Waals surface area (Å²) in [4.78, 5) is 12.1. The summed E-state index contributed by atoms with van der Waals surface area (Å²) in [6.45, 7) is 3.67. The Labute approximate surface area is 147 Å². The highest BCUT2D eigenvalue weighted by molar-refractivity contribution is 7.07. The molecule has 2 atom stereocenters. The highest BCUT2D eigenvalue weighted by atomic mass is 32.1. The van der Waals surface area contributed by atoms with Gasteiger partial charge in [0, 0.05) is 24.9 Å². The molecule has 1 saturated heterocycles. The second-order valence-corrected chi connectivity index (χ2v) is 7.09. The average Bonchev–Trinajstić information content (AvgIpc) is 3.27. The van der Waals surface area contributed by atoms with Crippen molar-refractivity contribution < 1.29 is 9.53 Å². The molecule has 1 fully saturated rings. The van der Waals surface area contributed by atoms with Crippen LogP contribution in [0.2, 0.25) is 0 Å². The SMILES string of the molecule is C[C@H](Cc1ccsc1)NCc1cccc(NC(=O)[C@H]2CCCO2)c1. The van der Waals surface area contributed by atoms with Gasteiger partial charge in [-0.15, -0.1) is 0 Å². The zero-order valence-corrected chi connectivity index (χ0v) is 14.8. The van der Waals surface area contributed by atoms with Gasteiger partial charge in [-0.25, -0.2) is 0 Å². The molecule has 0 saturated carbocycles. The Balaban J connectivity index is 1.50. The summed E-state index contributed by atoms with van der Waals surface area (Å²) in [5.41, 5.74) is 3.37. The van der Waals surface area contributed by atoms with Crippen molar-refractivity contribution in [3.8, 4) is 0 Å². The van der Waals surface area contributed by atoms with Gasteiger partial charge in [0.2, 0.25) is 0 Å². The Bertz CT molecular complexity index is 651. The van der Waals surface area contributed by atoms with E-state index < -0.39 is 0 Å². The molecule has 128 valence electrons. The summed E-state index contributed by atoms with van der Waals surface area (Å²) in [6.07, 6.45) is 2.51. The largest absolute Gasteiger partial charge is 0.368 e. The van der Waals surface area contributed by atoms with Gasteiger partial charge in [0.05, 0.1) is 0 Å². The van der Waals surface area contributed by atoms with Gasteiger partial charge >= 0.3 is 0 Å². The van der Waals surface area contributed by atoms with Gasteiger partial charge in [-0.05, 0) is 66.3 Å². The molecule has 1 amide bonds. The third kappa shape index (κ3) is 4.90. The van der Waals surface area contributed by atoms with Gasteiger partial charge in [-0.2, -0.15) is 11.3 Å². The lowest BCUT2D eigenvalue weighted by Gasteiger charge is -2.14. The van der Waals surface area contributed by atoms with Crippen LogP contribution in [0.4, 0.5) is 5.69 Å². The molecular formula is C19H24N2O2S. The minimum atomic E-state index is -0.294.